The highest BCUT2D eigenvalue weighted by Crippen LogP contribution is 2.24. The molecule has 0 aliphatic rings. The number of aryl methyl sites for hydroxylation is 1. The molecule has 0 saturated heterocycles. The topological polar surface area (TPSA) is 42.0 Å². The van der Waals surface area contributed by atoms with Crippen molar-refractivity contribution in [3.05, 3.63) is 55.8 Å². The summed E-state index contributed by atoms with van der Waals surface area (Å²) < 4.78 is 1.91. The number of carbonyl (C=O) groups is 1. The predicted molar refractivity (Wildman–Crippen MR) is 83.8 cm³/mol. The van der Waals surface area contributed by atoms with Crippen LogP contribution in [0.3, 0.4) is 0 Å². The third kappa shape index (κ3) is 3.29. The van der Waals surface area contributed by atoms with E-state index in [-0.39, 0.29) is 5.91 Å². The summed E-state index contributed by atoms with van der Waals surface area (Å²) in [6.45, 7) is 1.86. The van der Waals surface area contributed by atoms with Gasteiger partial charge in [-0.25, -0.2) is 4.98 Å². The largest absolute Gasteiger partial charge is 0.320 e. The van der Waals surface area contributed by atoms with E-state index in [1.165, 1.54) is 0 Å². The zero-order chi connectivity index (χ0) is 13.1. The van der Waals surface area contributed by atoms with E-state index in [1.807, 2.05) is 37.3 Å². The molecular formula is C13H10BrIN2O. The van der Waals surface area contributed by atoms with Crippen LogP contribution in [0.5, 0.6) is 0 Å². The van der Waals surface area contributed by atoms with Crippen molar-refractivity contribution in [3.63, 3.8) is 0 Å². The molecule has 3 nitrogen and oxygen atoms in total. The molecule has 1 heterocycles. The van der Waals surface area contributed by atoms with E-state index in [0.29, 0.717) is 5.69 Å². The molecule has 5 heteroatoms. The molecule has 1 amide bonds. The maximum Gasteiger partial charge on any atom is 0.274 e. The fourth-order valence-electron chi connectivity index (χ4n) is 1.45. The standard InChI is InChI=1S/C13H10BrIN2O/c1-8-3-2-4-11(16-8)13(18)17-12-7-9(15)5-6-10(12)14/h2-7H,1H3,(H,17,18). The smallest absolute Gasteiger partial charge is 0.274 e. The normalized spacial score (nSPS) is 10.2. The van der Waals surface area contributed by atoms with Crippen LogP contribution in [-0.2, 0) is 0 Å². The van der Waals surface area contributed by atoms with Gasteiger partial charge in [0.05, 0.1) is 5.69 Å². The van der Waals surface area contributed by atoms with E-state index in [9.17, 15) is 4.79 Å². The second kappa shape index (κ2) is 5.79. The molecule has 0 aliphatic carbocycles. The molecule has 1 aromatic heterocycles. The Kier molecular flexibility index (Phi) is 4.34. The van der Waals surface area contributed by atoms with Crippen LogP contribution < -0.4 is 5.32 Å². The number of halogens is 2. The molecule has 92 valence electrons. The Morgan fingerprint density at radius 3 is 2.83 bits per heavy atom. The van der Waals surface area contributed by atoms with Crippen molar-refractivity contribution in [1.29, 1.82) is 0 Å². The fraction of sp³-hybridized carbons (Fsp3) is 0.0769. The van der Waals surface area contributed by atoms with Crippen LogP contribution in [-0.4, -0.2) is 10.9 Å². The highest BCUT2D eigenvalue weighted by Gasteiger charge is 2.09. The summed E-state index contributed by atoms with van der Waals surface area (Å²) in [6.07, 6.45) is 0. The first-order valence-electron chi connectivity index (χ1n) is 5.26. The van der Waals surface area contributed by atoms with E-state index in [2.05, 4.69) is 48.8 Å². The number of aromatic nitrogens is 1. The summed E-state index contributed by atoms with van der Waals surface area (Å²) in [5.41, 5.74) is 1.99. The summed E-state index contributed by atoms with van der Waals surface area (Å²) in [5, 5.41) is 2.84. The molecule has 1 N–H and O–H groups in total. The number of pyridine rings is 1. The lowest BCUT2D eigenvalue weighted by Crippen LogP contribution is -2.14. The number of hydrogen-bond acceptors (Lipinski definition) is 2. The molecule has 0 spiro atoms. The molecule has 0 fully saturated rings. The zero-order valence-electron chi connectivity index (χ0n) is 9.58. The maximum atomic E-state index is 12.0. The quantitative estimate of drug-likeness (QED) is 0.751. The summed E-state index contributed by atoms with van der Waals surface area (Å²) in [7, 11) is 0. The molecule has 2 rings (SSSR count). The van der Waals surface area contributed by atoms with Crippen molar-refractivity contribution in [2.45, 2.75) is 6.92 Å². The Balaban J connectivity index is 2.24. The van der Waals surface area contributed by atoms with Gasteiger partial charge in [0.25, 0.3) is 5.91 Å². The first kappa shape index (κ1) is 13.5. The van der Waals surface area contributed by atoms with Crippen LogP contribution in [0.1, 0.15) is 16.2 Å². The van der Waals surface area contributed by atoms with Crippen molar-refractivity contribution in [2.75, 3.05) is 5.32 Å². The van der Waals surface area contributed by atoms with Crippen molar-refractivity contribution in [1.82, 2.24) is 4.98 Å². The van der Waals surface area contributed by atoms with Gasteiger partial charge in [-0.05, 0) is 75.8 Å². The number of benzene rings is 1. The molecule has 0 aliphatic heterocycles. The van der Waals surface area contributed by atoms with E-state index >= 15 is 0 Å². The molecule has 0 bridgehead atoms. The van der Waals surface area contributed by atoms with Gasteiger partial charge in [0, 0.05) is 13.7 Å². The number of carbonyl (C=O) groups excluding carboxylic acids is 1. The van der Waals surface area contributed by atoms with Gasteiger partial charge in [0.1, 0.15) is 5.69 Å². The first-order chi connectivity index (χ1) is 8.56. The second-order valence-corrected chi connectivity index (χ2v) is 5.84. The Morgan fingerprint density at radius 2 is 2.11 bits per heavy atom. The molecule has 1 aromatic carbocycles. The average Bonchev–Trinajstić information content (AvgIpc) is 2.34. The lowest BCUT2D eigenvalue weighted by Gasteiger charge is -2.07. The number of nitrogens with zero attached hydrogens (tertiary/aromatic N) is 1. The lowest BCUT2D eigenvalue weighted by molar-refractivity contribution is 0.102. The summed E-state index contributed by atoms with van der Waals surface area (Å²) >= 11 is 5.61. The second-order valence-electron chi connectivity index (χ2n) is 3.74. The van der Waals surface area contributed by atoms with Gasteiger partial charge in [-0.1, -0.05) is 6.07 Å². The number of hydrogen-bond donors (Lipinski definition) is 1. The van der Waals surface area contributed by atoms with E-state index in [0.717, 1.165) is 19.4 Å². The van der Waals surface area contributed by atoms with Crippen LogP contribution in [0, 0.1) is 10.5 Å². The number of nitrogens with one attached hydrogen (secondary N) is 1. The summed E-state index contributed by atoms with van der Waals surface area (Å²) in [5.74, 6) is -0.207. The number of rotatable bonds is 2. The van der Waals surface area contributed by atoms with Crippen LogP contribution in [0.2, 0.25) is 0 Å². The summed E-state index contributed by atoms with van der Waals surface area (Å²) in [6, 6.07) is 11.1. The number of amides is 1. The van der Waals surface area contributed by atoms with Gasteiger partial charge in [-0.2, -0.15) is 0 Å². The van der Waals surface area contributed by atoms with Crippen molar-refractivity contribution < 1.29 is 4.79 Å². The van der Waals surface area contributed by atoms with Gasteiger partial charge >= 0.3 is 0 Å². The Labute approximate surface area is 127 Å². The molecular weight excluding hydrogens is 407 g/mol. The van der Waals surface area contributed by atoms with E-state index in [4.69, 9.17) is 0 Å². The van der Waals surface area contributed by atoms with Gasteiger partial charge in [0.2, 0.25) is 0 Å². The molecule has 0 atom stereocenters. The van der Waals surface area contributed by atoms with Gasteiger partial charge in [-0.15, -0.1) is 0 Å². The third-order valence-electron chi connectivity index (χ3n) is 2.30. The molecule has 0 unspecified atom stereocenters. The van der Waals surface area contributed by atoms with Gasteiger partial charge < -0.3 is 5.32 Å². The first-order valence-corrected chi connectivity index (χ1v) is 7.13. The Hall–Kier alpha value is -0.950. The van der Waals surface area contributed by atoms with E-state index < -0.39 is 0 Å². The van der Waals surface area contributed by atoms with Crippen LogP contribution >= 0.6 is 38.5 Å². The SMILES string of the molecule is Cc1cccc(C(=O)Nc2cc(I)ccc2Br)n1. The molecule has 18 heavy (non-hydrogen) atoms. The average molecular weight is 417 g/mol. The Morgan fingerprint density at radius 1 is 1.33 bits per heavy atom. The van der Waals surface area contributed by atoms with Crippen molar-refractivity contribution >= 4 is 50.1 Å². The highest BCUT2D eigenvalue weighted by molar-refractivity contribution is 14.1. The minimum Gasteiger partial charge on any atom is -0.320 e. The van der Waals surface area contributed by atoms with Gasteiger partial charge in [0.15, 0.2) is 0 Å². The predicted octanol–water partition coefficient (Wildman–Crippen LogP) is 4.01. The van der Waals surface area contributed by atoms with Crippen molar-refractivity contribution in [2.24, 2.45) is 0 Å². The fourth-order valence-corrected chi connectivity index (χ4v) is 2.29. The van der Waals surface area contributed by atoms with Crippen LogP contribution in [0.25, 0.3) is 0 Å². The van der Waals surface area contributed by atoms with Crippen molar-refractivity contribution in [3.8, 4) is 0 Å². The van der Waals surface area contributed by atoms with Crippen LogP contribution in [0.4, 0.5) is 5.69 Å². The molecule has 0 radical (unpaired) electrons. The lowest BCUT2D eigenvalue weighted by atomic mass is 10.2. The molecule has 0 saturated carbocycles. The monoisotopic (exact) mass is 416 g/mol. The van der Waals surface area contributed by atoms with E-state index in [1.54, 1.807) is 6.07 Å². The molecule has 2 aromatic rings. The minimum absolute atomic E-state index is 0.207. The third-order valence-corrected chi connectivity index (χ3v) is 3.66. The van der Waals surface area contributed by atoms with Gasteiger partial charge in [-0.3, -0.25) is 4.79 Å². The Bertz CT molecular complexity index is 601. The van der Waals surface area contributed by atoms with Crippen LogP contribution in [0.15, 0.2) is 40.9 Å². The number of anilines is 1. The minimum atomic E-state index is -0.207. The maximum absolute atomic E-state index is 12.0. The zero-order valence-corrected chi connectivity index (χ0v) is 13.3. The summed E-state index contributed by atoms with van der Waals surface area (Å²) in [4.78, 5) is 16.2. The highest BCUT2D eigenvalue weighted by atomic mass is 127.